The third-order valence-electron chi connectivity index (χ3n) is 3.29. The normalized spacial score (nSPS) is 12.4. The van der Waals surface area contributed by atoms with Crippen LogP contribution in [0.25, 0.3) is 0 Å². The van der Waals surface area contributed by atoms with Crippen LogP contribution in [-0.2, 0) is 6.42 Å². The predicted octanol–water partition coefficient (Wildman–Crippen LogP) is 2.90. The lowest BCUT2D eigenvalue weighted by atomic mass is 9.98. The van der Waals surface area contributed by atoms with E-state index in [1.807, 2.05) is 19.2 Å². The van der Waals surface area contributed by atoms with Crippen molar-refractivity contribution in [1.82, 2.24) is 10.4 Å². The number of hydrazine groups is 1. The van der Waals surface area contributed by atoms with Gasteiger partial charge < -0.3 is 0 Å². The van der Waals surface area contributed by atoms with Crippen molar-refractivity contribution in [2.45, 2.75) is 32.7 Å². The summed E-state index contributed by atoms with van der Waals surface area (Å²) in [4.78, 5) is 4.32. The fraction of sp³-hybridized carbons (Fsp3) is 0.312. The molecule has 0 fully saturated rings. The highest BCUT2D eigenvalue weighted by Gasteiger charge is 2.12. The maximum absolute atomic E-state index is 5.69. The van der Waals surface area contributed by atoms with E-state index >= 15 is 0 Å². The molecule has 0 amide bonds. The fourth-order valence-corrected chi connectivity index (χ4v) is 2.20. The molecule has 19 heavy (non-hydrogen) atoms. The molecule has 0 aliphatic rings. The molecule has 1 unspecified atom stereocenters. The molecule has 100 valence electrons. The second-order valence-corrected chi connectivity index (χ2v) is 4.82. The van der Waals surface area contributed by atoms with Crippen LogP contribution < -0.4 is 11.3 Å². The van der Waals surface area contributed by atoms with Gasteiger partial charge in [-0.1, -0.05) is 43.7 Å². The molecule has 0 aliphatic heterocycles. The topological polar surface area (TPSA) is 50.9 Å². The molecule has 0 saturated carbocycles. The number of nitrogens with one attached hydrogen (secondary N) is 1. The van der Waals surface area contributed by atoms with Crippen molar-refractivity contribution in [1.29, 1.82) is 0 Å². The minimum Gasteiger partial charge on any atom is -0.271 e. The third-order valence-corrected chi connectivity index (χ3v) is 3.29. The van der Waals surface area contributed by atoms with Gasteiger partial charge in [-0.15, -0.1) is 0 Å². The molecule has 3 N–H and O–H groups in total. The van der Waals surface area contributed by atoms with Crippen LogP contribution in [0.4, 0.5) is 0 Å². The molecule has 1 aromatic carbocycles. The summed E-state index contributed by atoms with van der Waals surface area (Å²) in [5.41, 5.74) is 7.48. The van der Waals surface area contributed by atoms with Crippen LogP contribution >= 0.6 is 0 Å². The third kappa shape index (κ3) is 3.40. The quantitative estimate of drug-likeness (QED) is 0.638. The molecule has 1 heterocycles. The van der Waals surface area contributed by atoms with Crippen LogP contribution in [0, 0.1) is 6.92 Å². The lowest BCUT2D eigenvalue weighted by Crippen LogP contribution is -2.28. The van der Waals surface area contributed by atoms with Crippen molar-refractivity contribution in [3.63, 3.8) is 0 Å². The molecule has 1 atom stereocenters. The van der Waals surface area contributed by atoms with Crippen LogP contribution in [0.5, 0.6) is 0 Å². The average Bonchev–Trinajstić information content (AvgIpc) is 2.44. The first-order valence-corrected chi connectivity index (χ1v) is 6.72. The van der Waals surface area contributed by atoms with Crippen LogP contribution in [0.1, 0.15) is 41.8 Å². The zero-order chi connectivity index (χ0) is 13.7. The zero-order valence-electron chi connectivity index (χ0n) is 11.6. The highest BCUT2D eigenvalue weighted by atomic mass is 15.2. The van der Waals surface area contributed by atoms with Gasteiger partial charge in [-0.25, -0.2) is 5.43 Å². The standard InChI is InChI=1S/C16H21N3/c1-3-4-13-6-9-14(10-7-13)16(19-17)15-8-5-12(2)18-11-15/h5-11,16,19H,3-4,17H2,1-2H3. The molecule has 3 nitrogen and oxygen atoms in total. The molecular weight excluding hydrogens is 234 g/mol. The van der Waals surface area contributed by atoms with E-state index in [0.29, 0.717) is 0 Å². The van der Waals surface area contributed by atoms with Crippen molar-refractivity contribution in [3.05, 3.63) is 65.0 Å². The van der Waals surface area contributed by atoms with Gasteiger partial charge >= 0.3 is 0 Å². The number of nitrogens with zero attached hydrogens (tertiary/aromatic N) is 1. The second kappa shape index (κ2) is 6.45. The van der Waals surface area contributed by atoms with Crippen molar-refractivity contribution in [2.75, 3.05) is 0 Å². The van der Waals surface area contributed by atoms with E-state index in [-0.39, 0.29) is 6.04 Å². The van der Waals surface area contributed by atoms with E-state index in [9.17, 15) is 0 Å². The Labute approximate surface area is 114 Å². The largest absolute Gasteiger partial charge is 0.271 e. The number of hydrogen-bond acceptors (Lipinski definition) is 3. The van der Waals surface area contributed by atoms with Gasteiger partial charge in [0.25, 0.3) is 0 Å². The summed E-state index contributed by atoms with van der Waals surface area (Å²) in [6.45, 7) is 4.17. The lowest BCUT2D eigenvalue weighted by Gasteiger charge is -2.17. The summed E-state index contributed by atoms with van der Waals surface area (Å²) in [5, 5.41) is 0. The minimum absolute atomic E-state index is 0.0104. The Hall–Kier alpha value is -1.71. The smallest absolute Gasteiger partial charge is 0.0725 e. The number of rotatable bonds is 5. The van der Waals surface area contributed by atoms with Gasteiger partial charge in [0.1, 0.15) is 0 Å². The number of aromatic nitrogens is 1. The van der Waals surface area contributed by atoms with Crippen LogP contribution in [-0.4, -0.2) is 4.98 Å². The minimum atomic E-state index is -0.0104. The molecule has 0 radical (unpaired) electrons. The Morgan fingerprint density at radius 1 is 1.11 bits per heavy atom. The molecule has 0 aliphatic carbocycles. The maximum Gasteiger partial charge on any atom is 0.0725 e. The Morgan fingerprint density at radius 2 is 1.79 bits per heavy atom. The number of nitrogens with two attached hydrogens (primary N) is 1. The number of hydrogen-bond donors (Lipinski definition) is 2. The van der Waals surface area contributed by atoms with E-state index in [2.05, 4.69) is 47.7 Å². The van der Waals surface area contributed by atoms with Crippen LogP contribution in [0.15, 0.2) is 42.6 Å². The molecule has 1 aromatic heterocycles. The molecule has 0 spiro atoms. The van der Waals surface area contributed by atoms with E-state index in [0.717, 1.165) is 23.2 Å². The van der Waals surface area contributed by atoms with E-state index in [1.165, 1.54) is 12.0 Å². The SMILES string of the molecule is CCCc1ccc(C(NN)c2ccc(C)nc2)cc1. The Bertz CT molecular complexity index is 503. The molecule has 0 saturated heterocycles. The first kappa shape index (κ1) is 13.7. The molecule has 2 aromatic rings. The van der Waals surface area contributed by atoms with Gasteiger partial charge in [-0.3, -0.25) is 10.8 Å². The van der Waals surface area contributed by atoms with Gasteiger partial charge in [0.15, 0.2) is 0 Å². The van der Waals surface area contributed by atoms with Crippen LogP contribution in [0.2, 0.25) is 0 Å². The summed E-state index contributed by atoms with van der Waals surface area (Å²) in [6.07, 6.45) is 4.16. The van der Waals surface area contributed by atoms with Gasteiger partial charge in [0.05, 0.1) is 6.04 Å². The van der Waals surface area contributed by atoms with Crippen molar-refractivity contribution >= 4 is 0 Å². The van der Waals surface area contributed by atoms with Crippen molar-refractivity contribution < 1.29 is 0 Å². The van der Waals surface area contributed by atoms with Gasteiger partial charge in [0, 0.05) is 11.9 Å². The average molecular weight is 255 g/mol. The lowest BCUT2D eigenvalue weighted by molar-refractivity contribution is 0.634. The van der Waals surface area contributed by atoms with Crippen molar-refractivity contribution in [2.24, 2.45) is 5.84 Å². The van der Waals surface area contributed by atoms with Crippen LogP contribution in [0.3, 0.4) is 0 Å². The van der Waals surface area contributed by atoms with E-state index in [1.54, 1.807) is 0 Å². The maximum atomic E-state index is 5.69. The molecular formula is C16H21N3. The summed E-state index contributed by atoms with van der Waals surface area (Å²) in [5.74, 6) is 5.69. The zero-order valence-corrected chi connectivity index (χ0v) is 11.6. The highest BCUT2D eigenvalue weighted by Crippen LogP contribution is 2.21. The number of benzene rings is 1. The van der Waals surface area contributed by atoms with Crippen molar-refractivity contribution in [3.8, 4) is 0 Å². The number of pyridine rings is 1. The second-order valence-electron chi connectivity index (χ2n) is 4.82. The fourth-order valence-electron chi connectivity index (χ4n) is 2.20. The predicted molar refractivity (Wildman–Crippen MR) is 78.6 cm³/mol. The van der Waals surface area contributed by atoms with Gasteiger partial charge in [-0.05, 0) is 36.1 Å². The Balaban J connectivity index is 2.23. The first-order chi connectivity index (χ1) is 9.24. The monoisotopic (exact) mass is 255 g/mol. The Morgan fingerprint density at radius 3 is 2.32 bits per heavy atom. The Kier molecular flexibility index (Phi) is 4.66. The summed E-state index contributed by atoms with van der Waals surface area (Å²) in [6, 6.07) is 12.7. The first-order valence-electron chi connectivity index (χ1n) is 6.72. The molecule has 2 rings (SSSR count). The summed E-state index contributed by atoms with van der Waals surface area (Å²) < 4.78 is 0. The molecule has 0 bridgehead atoms. The van der Waals surface area contributed by atoms with Gasteiger partial charge in [0.2, 0.25) is 0 Å². The summed E-state index contributed by atoms with van der Waals surface area (Å²) >= 11 is 0. The number of aryl methyl sites for hydroxylation is 2. The summed E-state index contributed by atoms with van der Waals surface area (Å²) in [7, 11) is 0. The highest BCUT2D eigenvalue weighted by molar-refractivity contribution is 5.32. The van der Waals surface area contributed by atoms with E-state index in [4.69, 9.17) is 5.84 Å². The van der Waals surface area contributed by atoms with Gasteiger partial charge in [-0.2, -0.15) is 0 Å². The van der Waals surface area contributed by atoms with E-state index < -0.39 is 0 Å². The molecule has 3 heteroatoms.